The van der Waals surface area contributed by atoms with Crippen LogP contribution >= 0.6 is 12.6 Å². The second-order valence-corrected chi connectivity index (χ2v) is 2.08. The topological polar surface area (TPSA) is 74.6 Å². The van der Waals surface area contributed by atoms with E-state index >= 15 is 0 Å². The molecule has 0 aromatic carbocycles. The molecule has 0 bridgehead atoms. The number of thiol groups is 1. The van der Waals surface area contributed by atoms with Gasteiger partial charge in [0.05, 0.1) is 6.42 Å². The van der Waals surface area contributed by atoms with Crippen molar-refractivity contribution in [2.45, 2.75) is 11.7 Å². The minimum atomic E-state index is -1.21. The van der Waals surface area contributed by atoms with E-state index in [4.69, 9.17) is 10.2 Å². The average Bonchev–Trinajstić information content (AvgIpc) is 1.63. The zero-order chi connectivity index (χ0) is 7.44. The Hall–Kier alpha value is 0.290. The average molecular weight is 174 g/mol. The molecule has 6 heteroatoms. The van der Waals surface area contributed by atoms with Gasteiger partial charge in [-0.1, -0.05) is 0 Å². The van der Waals surface area contributed by atoms with Gasteiger partial charge in [0.2, 0.25) is 0 Å². The first-order chi connectivity index (χ1) is 4.04. The van der Waals surface area contributed by atoms with Crippen LogP contribution in [0.2, 0.25) is 0 Å². The van der Waals surface area contributed by atoms with E-state index in [0.717, 1.165) is 0 Å². The molecule has 0 aliphatic carbocycles. The van der Waals surface area contributed by atoms with Gasteiger partial charge in [0.1, 0.15) is 5.25 Å². The first-order valence-electron chi connectivity index (χ1n) is 2.16. The van der Waals surface area contributed by atoms with Crippen LogP contribution in [0.3, 0.4) is 0 Å². The van der Waals surface area contributed by atoms with Gasteiger partial charge >= 0.3 is 41.5 Å². The molecule has 0 aliphatic rings. The van der Waals surface area contributed by atoms with Crippen molar-refractivity contribution < 1.29 is 19.8 Å². The molecule has 4 nitrogen and oxygen atoms in total. The predicted octanol–water partition coefficient (Wildman–Crippen LogP) is -0.804. The van der Waals surface area contributed by atoms with Crippen LogP contribution < -0.4 is 0 Å². The van der Waals surface area contributed by atoms with E-state index in [0.29, 0.717) is 0 Å². The SMILES string of the molecule is O=C(O)CC(S)C(=O)O.[NaH]. The summed E-state index contributed by atoms with van der Waals surface area (Å²) in [5.74, 6) is -2.36. The summed E-state index contributed by atoms with van der Waals surface area (Å²) in [5.41, 5.74) is 0. The maximum atomic E-state index is 9.90. The van der Waals surface area contributed by atoms with Gasteiger partial charge in [0.25, 0.3) is 0 Å². The quantitative estimate of drug-likeness (QED) is 0.386. The fourth-order valence-corrected chi connectivity index (χ4v) is 0.409. The number of aliphatic carboxylic acids is 2. The summed E-state index contributed by atoms with van der Waals surface area (Å²) in [6.45, 7) is 0. The first kappa shape index (κ1) is 12.9. The molecular formula is C4H7NaO4S. The van der Waals surface area contributed by atoms with Crippen molar-refractivity contribution in [3.05, 3.63) is 0 Å². The van der Waals surface area contributed by atoms with Crippen LogP contribution in [0.4, 0.5) is 0 Å². The summed E-state index contributed by atoms with van der Waals surface area (Å²) < 4.78 is 0. The molecule has 0 rings (SSSR count). The van der Waals surface area contributed by atoms with Gasteiger partial charge in [0, 0.05) is 0 Å². The Morgan fingerprint density at radius 3 is 1.90 bits per heavy atom. The van der Waals surface area contributed by atoms with E-state index in [-0.39, 0.29) is 29.6 Å². The Labute approximate surface area is 85.3 Å². The Bertz CT molecular complexity index is 137. The van der Waals surface area contributed by atoms with Crippen molar-refractivity contribution in [2.24, 2.45) is 0 Å². The monoisotopic (exact) mass is 174 g/mol. The van der Waals surface area contributed by atoms with Gasteiger partial charge in [-0.2, -0.15) is 12.6 Å². The van der Waals surface area contributed by atoms with Gasteiger partial charge in [0.15, 0.2) is 0 Å². The molecule has 0 spiro atoms. The molecule has 0 radical (unpaired) electrons. The second-order valence-electron chi connectivity index (χ2n) is 1.45. The third kappa shape index (κ3) is 6.41. The third-order valence-corrected chi connectivity index (χ3v) is 1.06. The maximum absolute atomic E-state index is 9.90. The van der Waals surface area contributed by atoms with E-state index in [1.807, 2.05) is 0 Å². The number of carboxylic acid groups (broad SMARTS) is 2. The minimum absolute atomic E-state index is 0. The molecule has 1 unspecified atom stereocenters. The van der Waals surface area contributed by atoms with Gasteiger partial charge in [-0.3, -0.25) is 9.59 Å². The van der Waals surface area contributed by atoms with E-state index < -0.39 is 23.6 Å². The van der Waals surface area contributed by atoms with E-state index in [2.05, 4.69) is 12.6 Å². The van der Waals surface area contributed by atoms with Crippen LogP contribution in [0.5, 0.6) is 0 Å². The Morgan fingerprint density at radius 1 is 1.40 bits per heavy atom. The molecule has 0 fully saturated rings. The zero-order valence-electron chi connectivity index (χ0n) is 4.44. The van der Waals surface area contributed by atoms with Crippen molar-refractivity contribution in [1.82, 2.24) is 0 Å². The van der Waals surface area contributed by atoms with Crippen LogP contribution in [0.1, 0.15) is 6.42 Å². The van der Waals surface area contributed by atoms with Crippen molar-refractivity contribution in [3.63, 3.8) is 0 Å². The molecule has 54 valence electrons. The summed E-state index contributed by atoms with van der Waals surface area (Å²) in [5, 5.41) is 15.0. The molecule has 0 aromatic rings. The summed E-state index contributed by atoms with van der Waals surface area (Å²) >= 11 is 3.48. The Balaban J connectivity index is 0. The van der Waals surface area contributed by atoms with Crippen LogP contribution in [-0.2, 0) is 9.59 Å². The van der Waals surface area contributed by atoms with E-state index in [1.54, 1.807) is 0 Å². The molecule has 1 atom stereocenters. The van der Waals surface area contributed by atoms with E-state index in [9.17, 15) is 9.59 Å². The van der Waals surface area contributed by atoms with Gasteiger partial charge in [-0.15, -0.1) is 0 Å². The normalized spacial score (nSPS) is 11.3. The second kappa shape index (κ2) is 6.03. The third-order valence-electron chi connectivity index (χ3n) is 0.653. The summed E-state index contributed by atoms with van der Waals surface area (Å²) in [6, 6.07) is 0. The Kier molecular flexibility index (Phi) is 7.79. The molecule has 10 heavy (non-hydrogen) atoms. The van der Waals surface area contributed by atoms with Crippen molar-refractivity contribution in [3.8, 4) is 0 Å². The summed E-state index contributed by atoms with van der Waals surface area (Å²) in [4.78, 5) is 19.7. The zero-order valence-corrected chi connectivity index (χ0v) is 5.34. The molecule has 0 amide bonds. The summed E-state index contributed by atoms with van der Waals surface area (Å²) in [6.07, 6.45) is -0.446. The van der Waals surface area contributed by atoms with Crippen LogP contribution in [-0.4, -0.2) is 57.0 Å². The number of hydrogen-bond donors (Lipinski definition) is 3. The standard InChI is InChI=1S/C4H6O4S.Na.H/c5-3(6)1-2(9)4(7)8;;/h2,9H,1H2,(H,5,6)(H,7,8);;. The van der Waals surface area contributed by atoms with Crippen molar-refractivity contribution >= 4 is 54.1 Å². The summed E-state index contributed by atoms with van der Waals surface area (Å²) in [7, 11) is 0. The number of carboxylic acids is 2. The van der Waals surface area contributed by atoms with Gasteiger partial charge in [-0.25, -0.2) is 0 Å². The fourth-order valence-electron chi connectivity index (χ4n) is 0.253. The van der Waals surface area contributed by atoms with Crippen LogP contribution in [0.15, 0.2) is 0 Å². The number of hydrogen-bond acceptors (Lipinski definition) is 3. The predicted molar refractivity (Wildman–Crippen MR) is 39.8 cm³/mol. The van der Waals surface area contributed by atoms with Gasteiger partial charge < -0.3 is 10.2 Å². The number of carbonyl (C=O) groups is 2. The van der Waals surface area contributed by atoms with Crippen molar-refractivity contribution in [1.29, 1.82) is 0 Å². The molecule has 2 N–H and O–H groups in total. The number of rotatable bonds is 3. The molecule has 0 saturated carbocycles. The van der Waals surface area contributed by atoms with Gasteiger partial charge in [-0.05, 0) is 0 Å². The molecular weight excluding hydrogens is 167 g/mol. The molecule has 0 heterocycles. The first-order valence-corrected chi connectivity index (χ1v) is 2.68. The van der Waals surface area contributed by atoms with Crippen molar-refractivity contribution in [2.75, 3.05) is 0 Å². The molecule has 0 saturated heterocycles. The fraction of sp³-hybridized carbons (Fsp3) is 0.500. The molecule has 0 aliphatic heterocycles. The van der Waals surface area contributed by atoms with Crippen LogP contribution in [0.25, 0.3) is 0 Å². The Morgan fingerprint density at radius 2 is 1.80 bits per heavy atom. The molecule has 0 aromatic heterocycles. The van der Waals surface area contributed by atoms with E-state index in [1.165, 1.54) is 0 Å². The van der Waals surface area contributed by atoms with Crippen LogP contribution in [0, 0.1) is 0 Å².